The van der Waals surface area contributed by atoms with Crippen LogP contribution in [0.25, 0.3) is 0 Å². The van der Waals surface area contributed by atoms with Gasteiger partial charge in [-0.15, -0.1) is 12.6 Å². The summed E-state index contributed by atoms with van der Waals surface area (Å²) < 4.78 is -1.92. The Kier molecular flexibility index (Phi) is 4.96. The summed E-state index contributed by atoms with van der Waals surface area (Å²) in [6.45, 7) is 3.85. The second kappa shape index (κ2) is 5.29. The molecule has 0 unspecified atom stereocenters. The van der Waals surface area contributed by atoms with Crippen LogP contribution in [-0.4, -0.2) is 17.3 Å². The van der Waals surface area contributed by atoms with Gasteiger partial charge in [0.1, 0.15) is 0 Å². The van der Waals surface area contributed by atoms with Gasteiger partial charge in [-0.2, -0.15) is 0 Å². The summed E-state index contributed by atoms with van der Waals surface area (Å²) in [6, 6.07) is 1.92. The standard InChI is InChI=1S/C6H8N2S.C2Cl4S/c1-4-3-5(2)8-6(9)7-4;3-1(4)2(5,6)7-1/h3H,1-2H3,(H,7,8,9);. The van der Waals surface area contributed by atoms with Crippen molar-refractivity contribution in [3.8, 4) is 0 Å². The quantitative estimate of drug-likeness (QED) is 0.329. The molecule has 1 aliphatic heterocycles. The monoisotopic (exact) mass is 336 g/mol. The first-order valence-electron chi connectivity index (χ1n) is 4.11. The molecule has 1 aromatic heterocycles. The van der Waals surface area contributed by atoms with Gasteiger partial charge in [-0.1, -0.05) is 58.2 Å². The van der Waals surface area contributed by atoms with Crippen molar-refractivity contribution in [1.29, 1.82) is 0 Å². The van der Waals surface area contributed by atoms with E-state index in [-0.39, 0.29) is 0 Å². The molecule has 0 atom stereocenters. The van der Waals surface area contributed by atoms with Gasteiger partial charge in [0.15, 0.2) is 5.16 Å². The second-order valence-corrected chi connectivity index (χ2v) is 8.47. The number of aromatic nitrogens is 2. The van der Waals surface area contributed by atoms with Crippen LogP contribution in [0, 0.1) is 13.8 Å². The maximum atomic E-state index is 5.40. The van der Waals surface area contributed by atoms with Crippen LogP contribution < -0.4 is 0 Å². The molecule has 0 aliphatic carbocycles. The smallest absolute Gasteiger partial charge is 0.208 e. The minimum atomic E-state index is -0.962. The summed E-state index contributed by atoms with van der Waals surface area (Å²) in [6.07, 6.45) is 0. The van der Waals surface area contributed by atoms with E-state index in [0.29, 0.717) is 5.16 Å². The normalized spacial score (nSPS) is 19.7. The van der Waals surface area contributed by atoms with E-state index < -0.39 is 7.33 Å². The molecule has 0 saturated carbocycles. The van der Waals surface area contributed by atoms with Crippen molar-refractivity contribution in [2.24, 2.45) is 0 Å². The summed E-state index contributed by atoms with van der Waals surface area (Å²) >= 11 is 26.7. The summed E-state index contributed by atoms with van der Waals surface area (Å²) in [5, 5.41) is 0.549. The van der Waals surface area contributed by atoms with E-state index in [0.717, 1.165) is 23.1 Å². The van der Waals surface area contributed by atoms with E-state index in [4.69, 9.17) is 46.4 Å². The number of halogens is 4. The first-order valence-corrected chi connectivity index (χ1v) is 6.89. The van der Waals surface area contributed by atoms with E-state index in [2.05, 4.69) is 22.6 Å². The Labute approximate surface area is 124 Å². The Morgan fingerprint density at radius 1 is 1.06 bits per heavy atom. The van der Waals surface area contributed by atoms with Gasteiger partial charge in [0, 0.05) is 11.4 Å². The number of hydrogen-bond donors (Lipinski definition) is 1. The molecule has 0 aromatic carbocycles. The molecule has 2 nitrogen and oxygen atoms in total. The van der Waals surface area contributed by atoms with Crippen LogP contribution in [0.2, 0.25) is 0 Å². The zero-order valence-electron chi connectivity index (χ0n) is 8.34. The Morgan fingerprint density at radius 3 is 1.56 bits per heavy atom. The maximum absolute atomic E-state index is 5.40. The van der Waals surface area contributed by atoms with E-state index in [1.165, 1.54) is 0 Å². The number of aryl methyl sites for hydroxylation is 2. The largest absolute Gasteiger partial charge is 0.228 e. The maximum Gasteiger partial charge on any atom is 0.208 e. The van der Waals surface area contributed by atoms with Crippen molar-refractivity contribution in [2.75, 3.05) is 0 Å². The number of nitrogens with zero attached hydrogens (tertiary/aromatic N) is 2. The summed E-state index contributed by atoms with van der Waals surface area (Å²) in [4.78, 5) is 7.98. The molecule has 16 heavy (non-hydrogen) atoms. The lowest BCUT2D eigenvalue weighted by Crippen LogP contribution is -1.96. The number of hydrogen-bond acceptors (Lipinski definition) is 4. The van der Waals surface area contributed by atoms with Crippen molar-refractivity contribution in [2.45, 2.75) is 26.3 Å². The highest BCUT2D eigenvalue weighted by Gasteiger charge is 2.67. The summed E-state index contributed by atoms with van der Waals surface area (Å²) in [7, 11) is 0. The SMILES string of the molecule is Cc1cc(C)nc(S)n1.ClC1(Cl)SC1(Cl)Cl. The first-order chi connectivity index (χ1) is 7.14. The van der Waals surface area contributed by atoms with Crippen molar-refractivity contribution >= 4 is 70.8 Å². The lowest BCUT2D eigenvalue weighted by Gasteiger charge is -1.94. The highest BCUT2D eigenvalue weighted by molar-refractivity contribution is 8.16. The molecule has 0 radical (unpaired) electrons. The predicted molar refractivity (Wildman–Crippen MR) is 75.2 cm³/mol. The molecule has 1 saturated heterocycles. The van der Waals surface area contributed by atoms with Crippen LogP contribution in [0.4, 0.5) is 0 Å². The number of alkyl halides is 4. The fraction of sp³-hybridized carbons (Fsp3) is 0.500. The minimum absolute atomic E-state index is 0.549. The second-order valence-electron chi connectivity index (χ2n) is 3.09. The van der Waals surface area contributed by atoms with Crippen molar-refractivity contribution in [3.05, 3.63) is 17.5 Å². The van der Waals surface area contributed by atoms with Crippen LogP contribution in [0.3, 0.4) is 0 Å². The minimum Gasteiger partial charge on any atom is -0.228 e. The third-order valence-corrected chi connectivity index (χ3v) is 5.54. The molecule has 1 aliphatic rings. The fourth-order valence-corrected chi connectivity index (χ4v) is 3.29. The van der Waals surface area contributed by atoms with E-state index in [1.807, 2.05) is 19.9 Å². The van der Waals surface area contributed by atoms with Gasteiger partial charge in [-0.05, 0) is 19.9 Å². The van der Waals surface area contributed by atoms with Crippen LogP contribution >= 0.6 is 70.8 Å². The van der Waals surface area contributed by atoms with Crippen LogP contribution in [-0.2, 0) is 0 Å². The average molecular weight is 338 g/mol. The molecule has 1 fully saturated rings. The van der Waals surface area contributed by atoms with Gasteiger partial charge < -0.3 is 0 Å². The van der Waals surface area contributed by atoms with E-state index in [1.54, 1.807) is 0 Å². The highest BCUT2D eigenvalue weighted by Crippen LogP contribution is 2.74. The first kappa shape index (κ1) is 15.0. The van der Waals surface area contributed by atoms with Crippen molar-refractivity contribution in [3.63, 3.8) is 0 Å². The molecule has 2 rings (SSSR count). The molecule has 8 heteroatoms. The van der Waals surface area contributed by atoms with Gasteiger partial charge in [0.2, 0.25) is 7.33 Å². The highest BCUT2D eigenvalue weighted by atomic mass is 35.5. The Bertz CT molecular complexity index is 335. The third kappa shape index (κ3) is 4.31. The van der Waals surface area contributed by atoms with Gasteiger partial charge >= 0.3 is 0 Å². The Hall–Kier alpha value is 0.940. The lowest BCUT2D eigenvalue weighted by atomic mass is 10.4. The zero-order valence-corrected chi connectivity index (χ0v) is 13.1. The molecule has 0 N–H and O–H groups in total. The summed E-state index contributed by atoms with van der Waals surface area (Å²) in [5.41, 5.74) is 1.93. The Balaban J connectivity index is 0.000000165. The predicted octanol–water partition coefficient (Wildman–Crippen LogP) is 4.38. The van der Waals surface area contributed by atoms with Gasteiger partial charge in [-0.25, -0.2) is 9.97 Å². The van der Waals surface area contributed by atoms with E-state index in [9.17, 15) is 0 Å². The average Bonchev–Trinajstić information content (AvgIpc) is 2.43. The lowest BCUT2D eigenvalue weighted by molar-refractivity contribution is 0.908. The molecule has 0 bridgehead atoms. The van der Waals surface area contributed by atoms with E-state index >= 15 is 0 Å². The molecular weight excluding hydrogens is 330 g/mol. The van der Waals surface area contributed by atoms with Crippen molar-refractivity contribution in [1.82, 2.24) is 9.97 Å². The Morgan fingerprint density at radius 2 is 1.38 bits per heavy atom. The molecule has 2 heterocycles. The molecule has 0 amide bonds. The van der Waals surface area contributed by atoms with Gasteiger partial charge in [-0.3, -0.25) is 0 Å². The number of thioether (sulfide) groups is 1. The fourth-order valence-electron chi connectivity index (χ4n) is 0.843. The number of thiol groups is 1. The zero-order chi connectivity index (χ0) is 12.6. The summed E-state index contributed by atoms with van der Waals surface area (Å²) in [5.74, 6) is 0. The molecule has 1 aromatic rings. The van der Waals surface area contributed by atoms with Crippen LogP contribution in [0.1, 0.15) is 11.4 Å². The molecule has 0 spiro atoms. The van der Waals surface area contributed by atoms with Gasteiger partial charge in [0.25, 0.3) is 0 Å². The van der Waals surface area contributed by atoms with Crippen LogP contribution in [0.15, 0.2) is 11.2 Å². The third-order valence-electron chi connectivity index (χ3n) is 1.52. The van der Waals surface area contributed by atoms with Crippen LogP contribution in [0.5, 0.6) is 0 Å². The molecule has 90 valence electrons. The molecular formula is C8H8Cl4N2S2. The topological polar surface area (TPSA) is 25.8 Å². The van der Waals surface area contributed by atoms with Crippen molar-refractivity contribution < 1.29 is 0 Å². The number of rotatable bonds is 0. The van der Waals surface area contributed by atoms with Gasteiger partial charge in [0.05, 0.1) is 0 Å².